The van der Waals surface area contributed by atoms with Gasteiger partial charge in [0.2, 0.25) is 0 Å². The summed E-state index contributed by atoms with van der Waals surface area (Å²) in [4.78, 5) is 3.70. The van der Waals surface area contributed by atoms with E-state index in [1.54, 1.807) is 6.92 Å². The molecule has 0 radical (unpaired) electrons. The van der Waals surface area contributed by atoms with E-state index in [9.17, 15) is 21.6 Å². The first-order valence-corrected chi connectivity index (χ1v) is 7.47. The smallest absolute Gasteiger partial charge is 0.357 e. The number of hydrogen-bond acceptors (Lipinski definition) is 3. The maximum absolute atomic E-state index is 11.9. The van der Waals surface area contributed by atoms with Crippen LogP contribution in [-0.4, -0.2) is 52.2 Å². The van der Waals surface area contributed by atoms with Gasteiger partial charge in [0.1, 0.15) is 9.84 Å². The molecule has 0 unspecified atom stereocenters. The molecule has 5 nitrogen and oxygen atoms in total. The summed E-state index contributed by atoms with van der Waals surface area (Å²) < 4.78 is 57.5. The third-order valence-electron chi connectivity index (χ3n) is 1.77. The van der Waals surface area contributed by atoms with Gasteiger partial charge in [-0.3, -0.25) is 4.99 Å². The molecule has 18 heavy (non-hydrogen) atoms. The van der Waals surface area contributed by atoms with Crippen molar-refractivity contribution in [1.82, 2.24) is 10.6 Å². The number of halogens is 3. The Hall–Kier alpha value is -0.990. The molecule has 0 heterocycles. The van der Waals surface area contributed by atoms with Crippen molar-refractivity contribution >= 4 is 15.8 Å². The lowest BCUT2D eigenvalue weighted by Crippen LogP contribution is -2.39. The number of nitrogens with one attached hydrogen (secondary N) is 2. The van der Waals surface area contributed by atoms with Crippen LogP contribution in [0.15, 0.2) is 4.99 Å². The number of hydrogen-bond donors (Lipinski definition) is 2. The van der Waals surface area contributed by atoms with Gasteiger partial charge in [-0.05, 0) is 6.92 Å². The van der Waals surface area contributed by atoms with Crippen LogP contribution in [0.3, 0.4) is 0 Å². The van der Waals surface area contributed by atoms with Crippen LogP contribution < -0.4 is 10.6 Å². The second kappa shape index (κ2) is 7.45. The highest BCUT2D eigenvalue weighted by molar-refractivity contribution is 7.90. The Morgan fingerprint density at radius 1 is 1.28 bits per heavy atom. The molecule has 0 saturated carbocycles. The summed E-state index contributed by atoms with van der Waals surface area (Å²) >= 11 is 0. The summed E-state index contributed by atoms with van der Waals surface area (Å²) in [5.74, 6) is 0.0850. The molecule has 2 N–H and O–H groups in total. The molecule has 0 atom stereocenters. The molecule has 0 fully saturated rings. The van der Waals surface area contributed by atoms with Gasteiger partial charge in [-0.15, -0.1) is 0 Å². The molecule has 0 amide bonds. The van der Waals surface area contributed by atoms with Crippen LogP contribution in [0.4, 0.5) is 13.2 Å². The summed E-state index contributed by atoms with van der Waals surface area (Å²) in [6.07, 6.45) is -4.16. The first-order valence-electron chi connectivity index (χ1n) is 5.40. The van der Waals surface area contributed by atoms with E-state index in [0.717, 1.165) is 6.26 Å². The average Bonchev–Trinajstić information content (AvgIpc) is 2.13. The van der Waals surface area contributed by atoms with Crippen LogP contribution in [0.2, 0.25) is 0 Å². The zero-order valence-electron chi connectivity index (χ0n) is 10.3. The van der Waals surface area contributed by atoms with Gasteiger partial charge in [0.15, 0.2) is 5.96 Å². The molecule has 0 aliphatic rings. The molecule has 0 rings (SSSR count). The lowest BCUT2D eigenvalue weighted by molar-refractivity contribution is -0.132. The SMILES string of the molecule is CCNC(=NCCC(F)(F)F)NCCS(C)(=O)=O. The van der Waals surface area contributed by atoms with E-state index in [-0.39, 0.29) is 18.3 Å². The number of sulfone groups is 1. The molecular formula is C9H18F3N3O2S. The van der Waals surface area contributed by atoms with Gasteiger partial charge < -0.3 is 10.6 Å². The third kappa shape index (κ3) is 11.5. The van der Waals surface area contributed by atoms with Crippen molar-refractivity contribution < 1.29 is 21.6 Å². The first-order chi connectivity index (χ1) is 8.14. The average molecular weight is 289 g/mol. The van der Waals surface area contributed by atoms with Gasteiger partial charge >= 0.3 is 6.18 Å². The molecule has 0 saturated heterocycles. The Morgan fingerprint density at radius 3 is 2.33 bits per heavy atom. The fourth-order valence-electron chi connectivity index (χ4n) is 0.991. The summed E-state index contributed by atoms with van der Waals surface area (Å²) in [5, 5.41) is 5.39. The van der Waals surface area contributed by atoms with Crippen LogP contribution in [0.5, 0.6) is 0 Å². The molecule has 0 aromatic rings. The number of alkyl halides is 3. The van der Waals surface area contributed by atoms with Crippen molar-refractivity contribution in [3.8, 4) is 0 Å². The van der Waals surface area contributed by atoms with Crippen molar-refractivity contribution in [3.63, 3.8) is 0 Å². The monoisotopic (exact) mass is 289 g/mol. The molecule has 0 aliphatic carbocycles. The van der Waals surface area contributed by atoms with Crippen molar-refractivity contribution in [2.45, 2.75) is 19.5 Å². The number of aliphatic imine (C=N–C) groups is 1. The van der Waals surface area contributed by atoms with Gasteiger partial charge in [-0.2, -0.15) is 13.2 Å². The van der Waals surface area contributed by atoms with E-state index in [1.165, 1.54) is 0 Å². The van der Waals surface area contributed by atoms with E-state index in [1.807, 2.05) is 0 Å². The maximum Gasteiger partial charge on any atom is 0.390 e. The Labute approximate surface area is 105 Å². The van der Waals surface area contributed by atoms with Gasteiger partial charge in [0, 0.05) is 19.3 Å². The number of guanidine groups is 1. The number of nitrogens with zero attached hydrogens (tertiary/aromatic N) is 1. The van der Waals surface area contributed by atoms with Crippen LogP contribution >= 0.6 is 0 Å². The molecule has 0 spiro atoms. The molecule has 0 bridgehead atoms. The predicted octanol–water partition coefficient (Wildman–Crippen LogP) is 0.539. The number of rotatable bonds is 6. The zero-order valence-corrected chi connectivity index (χ0v) is 11.2. The van der Waals surface area contributed by atoms with E-state index in [2.05, 4.69) is 15.6 Å². The Morgan fingerprint density at radius 2 is 1.89 bits per heavy atom. The molecule has 0 aliphatic heterocycles. The quantitative estimate of drug-likeness (QED) is 0.553. The Kier molecular flexibility index (Phi) is 7.04. The summed E-state index contributed by atoms with van der Waals surface area (Å²) in [7, 11) is -3.10. The van der Waals surface area contributed by atoms with E-state index in [4.69, 9.17) is 0 Å². The minimum absolute atomic E-state index is 0.101. The summed E-state index contributed by atoms with van der Waals surface area (Å²) in [6.45, 7) is 1.96. The van der Waals surface area contributed by atoms with E-state index >= 15 is 0 Å². The zero-order chi connectivity index (χ0) is 14.2. The van der Waals surface area contributed by atoms with Gasteiger partial charge in [0.05, 0.1) is 18.7 Å². The van der Waals surface area contributed by atoms with Crippen molar-refractivity contribution in [2.24, 2.45) is 4.99 Å². The third-order valence-corrected chi connectivity index (χ3v) is 2.72. The highest BCUT2D eigenvalue weighted by atomic mass is 32.2. The van der Waals surface area contributed by atoms with Gasteiger partial charge in [0.25, 0.3) is 0 Å². The summed E-state index contributed by atoms with van der Waals surface area (Å²) in [5.41, 5.74) is 0. The first kappa shape index (κ1) is 17.0. The maximum atomic E-state index is 11.9. The van der Waals surface area contributed by atoms with E-state index in [0.29, 0.717) is 6.54 Å². The minimum atomic E-state index is -4.24. The highest BCUT2D eigenvalue weighted by Gasteiger charge is 2.26. The molecule has 9 heteroatoms. The van der Waals surface area contributed by atoms with Crippen molar-refractivity contribution in [1.29, 1.82) is 0 Å². The Balaban J connectivity index is 4.17. The lowest BCUT2D eigenvalue weighted by atomic mass is 10.4. The lowest BCUT2D eigenvalue weighted by Gasteiger charge is -2.11. The van der Waals surface area contributed by atoms with Crippen LogP contribution in [-0.2, 0) is 9.84 Å². The van der Waals surface area contributed by atoms with Crippen LogP contribution in [0.25, 0.3) is 0 Å². The fraction of sp³-hybridized carbons (Fsp3) is 0.889. The normalized spacial score (nSPS) is 13.5. The summed E-state index contributed by atoms with van der Waals surface area (Å²) in [6, 6.07) is 0. The topological polar surface area (TPSA) is 70.6 Å². The van der Waals surface area contributed by atoms with E-state index < -0.39 is 29.0 Å². The van der Waals surface area contributed by atoms with Crippen molar-refractivity contribution in [3.05, 3.63) is 0 Å². The Bertz CT molecular complexity index is 366. The van der Waals surface area contributed by atoms with Gasteiger partial charge in [-0.25, -0.2) is 8.42 Å². The second-order valence-corrected chi connectivity index (χ2v) is 5.94. The largest absolute Gasteiger partial charge is 0.390 e. The second-order valence-electron chi connectivity index (χ2n) is 3.68. The fourth-order valence-corrected chi connectivity index (χ4v) is 1.46. The van der Waals surface area contributed by atoms with Crippen LogP contribution in [0, 0.1) is 0 Å². The molecule has 0 aromatic heterocycles. The molecule has 108 valence electrons. The standard InChI is InChI=1S/C9H18F3N3O2S/c1-3-13-8(14-5-4-9(10,11)12)15-6-7-18(2,16)17/h3-7H2,1-2H3,(H2,13,14,15). The van der Waals surface area contributed by atoms with Crippen LogP contribution in [0.1, 0.15) is 13.3 Å². The highest BCUT2D eigenvalue weighted by Crippen LogP contribution is 2.18. The van der Waals surface area contributed by atoms with Crippen molar-refractivity contribution in [2.75, 3.05) is 31.6 Å². The molecular weight excluding hydrogens is 271 g/mol. The molecule has 0 aromatic carbocycles. The predicted molar refractivity (Wildman–Crippen MR) is 64.4 cm³/mol. The van der Waals surface area contributed by atoms with Gasteiger partial charge in [-0.1, -0.05) is 0 Å². The minimum Gasteiger partial charge on any atom is -0.357 e.